The molecule has 2 aromatic rings. The van der Waals surface area contributed by atoms with Gasteiger partial charge < -0.3 is 15.2 Å². The van der Waals surface area contributed by atoms with Gasteiger partial charge in [0.1, 0.15) is 18.4 Å². The highest BCUT2D eigenvalue weighted by molar-refractivity contribution is 5.88. The molecule has 0 aliphatic rings. The van der Waals surface area contributed by atoms with Crippen molar-refractivity contribution in [1.29, 1.82) is 0 Å². The number of ether oxygens (including phenoxy) is 1. The van der Waals surface area contributed by atoms with Crippen molar-refractivity contribution in [2.24, 2.45) is 0 Å². The number of hydrogen-bond acceptors (Lipinski definition) is 3. The molecule has 0 spiro atoms. The van der Waals surface area contributed by atoms with E-state index in [9.17, 15) is 5.11 Å². The maximum Gasteiger partial charge on any atom is 0.127 e. The molecule has 0 aliphatic heterocycles. The van der Waals surface area contributed by atoms with E-state index in [0.717, 1.165) is 6.92 Å². The van der Waals surface area contributed by atoms with E-state index in [2.05, 4.69) is 5.32 Å². The molecule has 0 aromatic heterocycles. The number of hydrogen-bond donors (Lipinski definition) is 2. The van der Waals surface area contributed by atoms with Crippen molar-refractivity contribution in [2.45, 2.75) is 25.9 Å². The normalized spacial score (nSPS) is 27.3. The van der Waals surface area contributed by atoms with Crippen molar-refractivity contribution in [3.05, 3.63) is 42.3 Å². The van der Waals surface area contributed by atoms with E-state index < -0.39 is 80.1 Å². The van der Waals surface area contributed by atoms with Crippen LogP contribution in [-0.2, 0) is 0 Å². The first-order valence-corrected chi connectivity index (χ1v) is 5.53. The van der Waals surface area contributed by atoms with Crippen LogP contribution in [0.1, 0.15) is 30.2 Å². The van der Waals surface area contributed by atoms with Crippen LogP contribution in [0.3, 0.4) is 0 Å². The van der Waals surface area contributed by atoms with Gasteiger partial charge in [0.2, 0.25) is 0 Å². The summed E-state index contributed by atoms with van der Waals surface area (Å²) in [5.74, 6) is -0.516. The molecule has 0 amide bonds. The van der Waals surface area contributed by atoms with Crippen LogP contribution in [0.2, 0.25) is 0 Å². The topological polar surface area (TPSA) is 41.5 Å². The van der Waals surface area contributed by atoms with Gasteiger partial charge in [0, 0.05) is 23.4 Å². The van der Waals surface area contributed by atoms with Gasteiger partial charge >= 0.3 is 0 Å². The average Bonchev–Trinajstić information content (AvgIpc) is 2.65. The van der Waals surface area contributed by atoms with Gasteiger partial charge in [-0.1, -0.05) is 50.0 Å². The lowest BCUT2D eigenvalue weighted by Crippen LogP contribution is -2.35. The van der Waals surface area contributed by atoms with Crippen LogP contribution in [0.5, 0.6) is 5.75 Å². The molecule has 2 N–H and O–H groups in total. The Hall–Kier alpha value is -1.58. The largest absolute Gasteiger partial charge is 0.490 e. The Morgan fingerprint density at radius 1 is 1.37 bits per heavy atom. The Balaban J connectivity index is 2.46. The van der Waals surface area contributed by atoms with E-state index >= 15 is 0 Å². The number of benzene rings is 2. The molecular formula is C16H21NO2. The molecular weight excluding hydrogens is 238 g/mol. The predicted octanol–water partition coefficient (Wildman–Crippen LogP) is 2.58. The van der Waals surface area contributed by atoms with Crippen LogP contribution in [0.4, 0.5) is 0 Å². The number of rotatable bonds is 6. The highest BCUT2D eigenvalue weighted by Gasteiger charge is 2.07. The minimum atomic E-state index is -2.75. The fourth-order valence-electron chi connectivity index (χ4n) is 1.34. The second-order valence-electron chi connectivity index (χ2n) is 3.79. The Morgan fingerprint density at radius 3 is 3.00 bits per heavy atom. The van der Waals surface area contributed by atoms with E-state index in [1.807, 2.05) is 0 Å². The summed E-state index contributed by atoms with van der Waals surface area (Å²) in [5, 5.41) is 11.8. The molecule has 3 nitrogen and oxygen atoms in total. The molecule has 19 heavy (non-hydrogen) atoms. The lowest BCUT2D eigenvalue weighted by molar-refractivity contribution is 0.105. The molecule has 2 aromatic carbocycles. The minimum Gasteiger partial charge on any atom is -0.490 e. The van der Waals surface area contributed by atoms with Crippen LogP contribution in [0.15, 0.2) is 42.3 Å². The van der Waals surface area contributed by atoms with Crippen LogP contribution in [0.25, 0.3) is 10.8 Å². The molecule has 3 heteroatoms. The molecule has 102 valence electrons. The van der Waals surface area contributed by atoms with Crippen molar-refractivity contribution in [1.82, 2.24) is 5.32 Å². The van der Waals surface area contributed by atoms with E-state index in [-0.39, 0.29) is 10.8 Å². The van der Waals surface area contributed by atoms with Crippen LogP contribution in [-0.4, -0.2) is 30.4 Å². The lowest BCUT2D eigenvalue weighted by Gasteiger charge is -2.15. The van der Waals surface area contributed by atoms with Gasteiger partial charge in [0.25, 0.3) is 0 Å². The zero-order chi connectivity index (χ0) is 24.1. The highest BCUT2D eigenvalue weighted by Crippen LogP contribution is 2.25. The summed E-state index contributed by atoms with van der Waals surface area (Å²) >= 11 is 0. The zero-order valence-corrected chi connectivity index (χ0v) is 10.3. The summed E-state index contributed by atoms with van der Waals surface area (Å²) in [6.07, 6.45) is -2.49. The summed E-state index contributed by atoms with van der Waals surface area (Å²) in [7, 11) is 0. The minimum absolute atomic E-state index is 0.338. The second-order valence-corrected chi connectivity index (χ2v) is 3.79. The van der Waals surface area contributed by atoms with Crippen molar-refractivity contribution in [3.8, 4) is 5.75 Å². The van der Waals surface area contributed by atoms with Gasteiger partial charge in [-0.25, -0.2) is 0 Å². The lowest BCUT2D eigenvalue weighted by atomic mass is 10.1. The van der Waals surface area contributed by atoms with E-state index in [0.29, 0.717) is 0 Å². The molecule has 0 heterocycles. The van der Waals surface area contributed by atoms with Gasteiger partial charge in [-0.2, -0.15) is 0 Å². The fraction of sp³-hybridized carbons (Fsp3) is 0.375. The third-order valence-corrected chi connectivity index (χ3v) is 2.22. The summed E-state index contributed by atoms with van der Waals surface area (Å²) in [6.45, 7) is -3.29. The van der Waals surface area contributed by atoms with Gasteiger partial charge in [-0.15, -0.1) is 0 Å². The zero-order valence-electron chi connectivity index (χ0n) is 22.3. The summed E-state index contributed by atoms with van der Waals surface area (Å²) in [5.41, 5.74) is 0. The number of fused-ring (bicyclic) bond motifs is 1. The Morgan fingerprint density at radius 2 is 2.16 bits per heavy atom. The summed E-state index contributed by atoms with van der Waals surface area (Å²) in [6, 6.07) is -6.58. The van der Waals surface area contributed by atoms with Gasteiger partial charge in [0.15, 0.2) is 0 Å². The quantitative estimate of drug-likeness (QED) is 0.848. The summed E-state index contributed by atoms with van der Waals surface area (Å²) < 4.78 is 98.5. The molecule has 0 saturated carbocycles. The highest BCUT2D eigenvalue weighted by atomic mass is 16.5. The molecule has 2 atom stereocenters. The molecule has 0 saturated heterocycles. The standard InChI is InChI=1S/C16H21NO2/c1-12(2)17-10-14(18)11-19-16-9-5-7-13-6-3-4-8-15(13)16/h3-9,12,14,17-18H,10-11H2,1-2H3/i1D3,3D,4D,5D,6D,7D,8D,9D,12D,14D. The predicted molar refractivity (Wildman–Crippen MR) is 78.6 cm³/mol. The van der Waals surface area contributed by atoms with Crippen LogP contribution >= 0.6 is 0 Å². The van der Waals surface area contributed by atoms with Crippen molar-refractivity contribution in [3.63, 3.8) is 0 Å². The van der Waals surface area contributed by atoms with E-state index in [1.165, 1.54) is 0 Å². The van der Waals surface area contributed by atoms with Crippen molar-refractivity contribution >= 4 is 10.8 Å². The summed E-state index contributed by atoms with van der Waals surface area (Å²) in [4.78, 5) is 0. The SMILES string of the molecule is [2H]c1c([2H])c([2H])c2c(OCC([2H])(O)CNC([2H])(C)C([2H])([2H])[2H])c([2H])c([2H])c([2H])c2c1[2H]. The van der Waals surface area contributed by atoms with Crippen molar-refractivity contribution < 1.29 is 26.3 Å². The first-order chi connectivity index (χ1) is 13.9. The van der Waals surface area contributed by atoms with Crippen LogP contribution < -0.4 is 10.1 Å². The Labute approximate surface area is 131 Å². The Bertz CT molecular complexity index is 1010. The third-order valence-electron chi connectivity index (χ3n) is 2.22. The van der Waals surface area contributed by atoms with Gasteiger partial charge in [-0.05, 0) is 11.4 Å². The second kappa shape index (κ2) is 6.55. The molecule has 2 rings (SSSR count). The maximum absolute atomic E-state index is 10.2. The number of nitrogens with one attached hydrogen (secondary N) is 1. The van der Waals surface area contributed by atoms with Gasteiger partial charge in [0.05, 0.1) is 11.0 Å². The van der Waals surface area contributed by atoms with Crippen LogP contribution in [0, 0.1) is 0 Å². The molecule has 2 unspecified atom stereocenters. The fourth-order valence-corrected chi connectivity index (χ4v) is 1.34. The third kappa shape index (κ3) is 3.94. The van der Waals surface area contributed by atoms with Crippen molar-refractivity contribution in [2.75, 3.05) is 13.2 Å². The molecule has 0 fully saturated rings. The molecule has 0 aliphatic carbocycles. The van der Waals surface area contributed by atoms with E-state index in [4.69, 9.17) is 21.2 Å². The smallest absolute Gasteiger partial charge is 0.127 e. The number of aliphatic hydroxyl groups is 1. The molecule has 0 bridgehead atoms. The van der Waals surface area contributed by atoms with E-state index in [1.54, 1.807) is 0 Å². The Kier molecular flexibility index (Phi) is 1.75. The first kappa shape index (κ1) is 5.08. The average molecular weight is 271 g/mol. The monoisotopic (exact) mass is 271 g/mol. The van der Waals surface area contributed by atoms with Gasteiger partial charge in [-0.3, -0.25) is 0 Å². The maximum atomic E-state index is 10.2. The first-order valence-electron chi connectivity index (χ1n) is 11.5. The molecule has 0 radical (unpaired) electrons.